The molecule has 7 heteroatoms. The molecule has 0 amide bonds. The van der Waals surface area contributed by atoms with E-state index in [1.54, 1.807) is 0 Å². The van der Waals surface area contributed by atoms with Crippen LogP contribution in [0.3, 0.4) is 0 Å². The molecule has 2 aromatic carbocycles. The molecule has 1 aliphatic rings. The highest BCUT2D eigenvalue weighted by atomic mass is 127. The SMILES string of the molecule is CN=C(NCCc1c[nH]c2cc(C)ccc12)NCc1ccc(CN2CCC(O)CC2)cc1.I. The zero-order valence-electron chi connectivity index (χ0n) is 19.6. The van der Waals surface area contributed by atoms with Crippen molar-refractivity contribution >= 4 is 40.8 Å². The number of aliphatic hydroxyl groups is 1. The molecule has 2 heterocycles. The van der Waals surface area contributed by atoms with Gasteiger partial charge in [0.2, 0.25) is 0 Å². The third-order valence-corrected chi connectivity index (χ3v) is 6.28. The number of benzene rings is 2. The number of guanidine groups is 1. The van der Waals surface area contributed by atoms with Crippen molar-refractivity contribution in [3.63, 3.8) is 0 Å². The number of fused-ring (bicyclic) bond motifs is 1. The highest BCUT2D eigenvalue weighted by molar-refractivity contribution is 14.0. The number of rotatable bonds is 7. The molecule has 6 nitrogen and oxygen atoms in total. The first-order valence-corrected chi connectivity index (χ1v) is 11.6. The highest BCUT2D eigenvalue weighted by Gasteiger charge is 2.16. The van der Waals surface area contributed by atoms with Gasteiger partial charge in [-0.25, -0.2) is 0 Å². The maximum Gasteiger partial charge on any atom is 0.191 e. The fourth-order valence-corrected chi connectivity index (χ4v) is 4.33. The number of nitrogens with zero attached hydrogens (tertiary/aromatic N) is 2. The van der Waals surface area contributed by atoms with Crippen LogP contribution in [0.4, 0.5) is 0 Å². The normalized spacial score (nSPS) is 15.4. The lowest BCUT2D eigenvalue weighted by Crippen LogP contribution is -2.37. The molecule has 0 atom stereocenters. The predicted octanol–water partition coefficient (Wildman–Crippen LogP) is 3.96. The molecule has 3 aromatic rings. The number of hydrogen-bond acceptors (Lipinski definition) is 3. The molecule has 0 aliphatic carbocycles. The number of hydrogen-bond donors (Lipinski definition) is 4. The summed E-state index contributed by atoms with van der Waals surface area (Å²) in [5, 5.41) is 17.8. The summed E-state index contributed by atoms with van der Waals surface area (Å²) in [6.07, 6.45) is 4.69. The molecule has 1 aliphatic heterocycles. The van der Waals surface area contributed by atoms with Gasteiger partial charge in [-0.3, -0.25) is 9.89 Å². The molecule has 1 aromatic heterocycles. The van der Waals surface area contributed by atoms with Crippen LogP contribution in [-0.4, -0.2) is 53.7 Å². The third-order valence-electron chi connectivity index (χ3n) is 6.28. The molecule has 0 saturated carbocycles. The second-order valence-corrected chi connectivity index (χ2v) is 8.79. The Balaban J connectivity index is 0.00000306. The van der Waals surface area contributed by atoms with Gasteiger partial charge in [-0.2, -0.15) is 0 Å². The van der Waals surface area contributed by atoms with Crippen LogP contribution in [0.15, 0.2) is 53.7 Å². The fourth-order valence-electron chi connectivity index (χ4n) is 4.33. The standard InChI is InChI=1S/C26H35N5O.HI/c1-19-3-8-24-22(17-29-25(24)15-19)9-12-28-26(27-2)30-16-20-4-6-21(7-5-20)18-31-13-10-23(32)11-14-31;/h3-8,15,17,23,29,32H,9-14,16,18H2,1-2H3,(H2,27,28,30);1H. The van der Waals surface area contributed by atoms with E-state index in [4.69, 9.17) is 0 Å². The van der Waals surface area contributed by atoms with Crippen LogP contribution in [0.2, 0.25) is 0 Å². The minimum Gasteiger partial charge on any atom is -0.393 e. The number of aliphatic hydroxyl groups excluding tert-OH is 1. The first kappa shape index (κ1) is 25.5. The number of aryl methyl sites for hydroxylation is 1. The second-order valence-electron chi connectivity index (χ2n) is 8.79. The van der Waals surface area contributed by atoms with E-state index in [0.29, 0.717) is 0 Å². The van der Waals surface area contributed by atoms with Gasteiger partial charge < -0.3 is 20.7 Å². The van der Waals surface area contributed by atoms with E-state index in [0.717, 1.165) is 57.9 Å². The maximum absolute atomic E-state index is 9.66. The average Bonchev–Trinajstić information content (AvgIpc) is 3.20. The van der Waals surface area contributed by atoms with Crippen molar-refractivity contribution in [3.8, 4) is 0 Å². The first-order valence-electron chi connectivity index (χ1n) is 11.6. The van der Waals surface area contributed by atoms with E-state index in [1.807, 2.05) is 7.05 Å². The topological polar surface area (TPSA) is 75.7 Å². The third kappa shape index (κ3) is 7.19. The van der Waals surface area contributed by atoms with Crippen molar-refractivity contribution in [1.82, 2.24) is 20.5 Å². The summed E-state index contributed by atoms with van der Waals surface area (Å²) < 4.78 is 0. The molecular weight excluding hydrogens is 525 g/mol. The molecule has 0 bridgehead atoms. The van der Waals surface area contributed by atoms with E-state index < -0.39 is 0 Å². The molecule has 178 valence electrons. The van der Waals surface area contributed by atoms with Gasteiger partial charge in [-0.05, 0) is 54.5 Å². The Kier molecular flexibility index (Phi) is 9.58. The number of aromatic amines is 1. The van der Waals surface area contributed by atoms with Gasteiger partial charge >= 0.3 is 0 Å². The zero-order chi connectivity index (χ0) is 22.3. The predicted molar refractivity (Wildman–Crippen MR) is 147 cm³/mol. The van der Waals surface area contributed by atoms with Crippen LogP contribution in [-0.2, 0) is 19.5 Å². The summed E-state index contributed by atoms with van der Waals surface area (Å²) in [7, 11) is 1.81. The van der Waals surface area contributed by atoms with Gasteiger partial charge in [0.15, 0.2) is 5.96 Å². The van der Waals surface area contributed by atoms with E-state index in [9.17, 15) is 5.11 Å². The van der Waals surface area contributed by atoms with Crippen LogP contribution in [0.25, 0.3) is 10.9 Å². The number of aliphatic imine (C=N–C) groups is 1. The molecule has 0 unspecified atom stereocenters. The van der Waals surface area contributed by atoms with Crippen molar-refractivity contribution in [1.29, 1.82) is 0 Å². The molecular formula is C26H36IN5O. The Hall–Kier alpha value is -2.10. The quantitative estimate of drug-likeness (QED) is 0.200. The second kappa shape index (κ2) is 12.4. The number of likely N-dealkylation sites (tertiary alicyclic amines) is 1. The van der Waals surface area contributed by atoms with Gasteiger partial charge in [-0.1, -0.05) is 36.4 Å². The van der Waals surface area contributed by atoms with Gasteiger partial charge in [0.05, 0.1) is 6.10 Å². The lowest BCUT2D eigenvalue weighted by atomic mass is 10.1. The summed E-state index contributed by atoms with van der Waals surface area (Å²) in [5.74, 6) is 0.816. The summed E-state index contributed by atoms with van der Waals surface area (Å²) in [6, 6.07) is 15.3. The van der Waals surface area contributed by atoms with Crippen molar-refractivity contribution in [2.45, 2.75) is 45.4 Å². The Labute approximate surface area is 213 Å². The summed E-state index contributed by atoms with van der Waals surface area (Å²) in [4.78, 5) is 10.1. The summed E-state index contributed by atoms with van der Waals surface area (Å²) in [6.45, 7) is 6.59. The van der Waals surface area contributed by atoms with Gasteiger partial charge in [0, 0.05) is 56.9 Å². The zero-order valence-corrected chi connectivity index (χ0v) is 21.9. The van der Waals surface area contributed by atoms with Gasteiger partial charge in [-0.15, -0.1) is 24.0 Å². The Morgan fingerprint density at radius 1 is 1.09 bits per heavy atom. The Morgan fingerprint density at radius 2 is 1.82 bits per heavy atom. The van der Waals surface area contributed by atoms with Gasteiger partial charge in [0.25, 0.3) is 0 Å². The van der Waals surface area contributed by atoms with Crippen molar-refractivity contribution in [3.05, 3.63) is 70.9 Å². The number of nitrogens with one attached hydrogen (secondary N) is 3. The molecule has 0 radical (unpaired) electrons. The van der Waals surface area contributed by atoms with Crippen molar-refractivity contribution < 1.29 is 5.11 Å². The monoisotopic (exact) mass is 561 g/mol. The van der Waals surface area contributed by atoms with Crippen LogP contribution in [0.1, 0.15) is 35.1 Å². The number of halogens is 1. The summed E-state index contributed by atoms with van der Waals surface area (Å²) >= 11 is 0. The summed E-state index contributed by atoms with van der Waals surface area (Å²) in [5.41, 5.74) is 6.35. The number of piperidine rings is 1. The highest BCUT2D eigenvalue weighted by Crippen LogP contribution is 2.19. The van der Waals surface area contributed by atoms with Crippen molar-refractivity contribution in [2.75, 3.05) is 26.7 Å². The Bertz CT molecular complexity index is 1040. The molecule has 4 N–H and O–H groups in total. The fraction of sp³-hybridized carbons (Fsp3) is 0.423. The maximum atomic E-state index is 9.66. The van der Waals surface area contributed by atoms with E-state index >= 15 is 0 Å². The molecule has 4 rings (SSSR count). The van der Waals surface area contributed by atoms with Crippen LogP contribution in [0.5, 0.6) is 0 Å². The molecule has 0 spiro atoms. The largest absolute Gasteiger partial charge is 0.393 e. The van der Waals surface area contributed by atoms with Crippen LogP contribution in [0, 0.1) is 6.92 Å². The average molecular weight is 562 g/mol. The van der Waals surface area contributed by atoms with Crippen LogP contribution < -0.4 is 10.6 Å². The van der Waals surface area contributed by atoms with Gasteiger partial charge in [0.1, 0.15) is 0 Å². The molecule has 1 saturated heterocycles. The lowest BCUT2D eigenvalue weighted by Gasteiger charge is -2.29. The van der Waals surface area contributed by atoms with E-state index in [1.165, 1.54) is 33.2 Å². The van der Waals surface area contributed by atoms with E-state index in [2.05, 4.69) is 81.1 Å². The van der Waals surface area contributed by atoms with E-state index in [-0.39, 0.29) is 30.1 Å². The minimum absolute atomic E-state index is 0. The first-order chi connectivity index (χ1) is 15.6. The molecule has 1 fully saturated rings. The number of H-pyrrole nitrogens is 1. The Morgan fingerprint density at radius 3 is 2.55 bits per heavy atom. The smallest absolute Gasteiger partial charge is 0.191 e. The van der Waals surface area contributed by atoms with Crippen LogP contribution >= 0.6 is 24.0 Å². The number of aromatic nitrogens is 1. The molecule has 33 heavy (non-hydrogen) atoms. The minimum atomic E-state index is -0.116. The lowest BCUT2D eigenvalue weighted by molar-refractivity contribution is 0.0792. The van der Waals surface area contributed by atoms with Crippen molar-refractivity contribution in [2.24, 2.45) is 4.99 Å².